The molecule has 1 saturated heterocycles. The Kier molecular flexibility index (Phi) is 7.08. The smallest absolute Gasteiger partial charge is 0.317 e. The first-order valence-electron chi connectivity index (χ1n) is 13.1. The molecule has 0 unspecified atom stereocenters. The minimum atomic E-state index is 0.0393. The van der Waals surface area contributed by atoms with E-state index >= 15 is 0 Å². The molecule has 196 valence electrons. The zero-order valence-electron chi connectivity index (χ0n) is 21.0. The van der Waals surface area contributed by atoms with Gasteiger partial charge in [-0.05, 0) is 49.2 Å². The minimum Gasteiger partial charge on any atom is -0.351 e. The Hall–Kier alpha value is -3.36. The van der Waals surface area contributed by atoms with E-state index < -0.39 is 0 Å². The molecule has 0 radical (unpaired) electrons. The molecule has 1 aliphatic carbocycles. The number of piperazine rings is 1. The van der Waals surface area contributed by atoms with Crippen LogP contribution in [0.4, 0.5) is 10.6 Å². The zero-order valence-corrected chi connectivity index (χ0v) is 22.5. The van der Waals surface area contributed by atoms with Gasteiger partial charge in [0.25, 0.3) is 0 Å². The lowest BCUT2D eigenvalue weighted by molar-refractivity contribution is 0.186. The number of nitrogens with zero attached hydrogens (tertiary/aromatic N) is 6. The van der Waals surface area contributed by atoms with Gasteiger partial charge in [0.15, 0.2) is 17.0 Å². The summed E-state index contributed by atoms with van der Waals surface area (Å²) in [6.45, 7) is 2.58. The van der Waals surface area contributed by atoms with Gasteiger partial charge >= 0.3 is 6.03 Å². The maximum Gasteiger partial charge on any atom is 0.317 e. The highest BCUT2D eigenvalue weighted by Crippen LogP contribution is 2.35. The second-order valence-electron chi connectivity index (χ2n) is 9.86. The Labute approximate surface area is 231 Å². The van der Waals surface area contributed by atoms with E-state index in [1.54, 1.807) is 6.33 Å². The number of carbonyl (C=O) groups is 1. The van der Waals surface area contributed by atoms with Gasteiger partial charge in [0, 0.05) is 48.5 Å². The molecule has 2 aliphatic rings. The van der Waals surface area contributed by atoms with Crippen molar-refractivity contribution in [3.05, 3.63) is 64.9 Å². The van der Waals surface area contributed by atoms with Gasteiger partial charge in [0.2, 0.25) is 0 Å². The average Bonchev–Trinajstić information content (AvgIpc) is 3.34. The number of nitrogens with one attached hydrogen (secondary N) is 1. The predicted octanol–water partition coefficient (Wildman–Crippen LogP) is 5.95. The number of rotatable bonds is 4. The fourth-order valence-corrected chi connectivity index (χ4v) is 5.75. The summed E-state index contributed by atoms with van der Waals surface area (Å²) >= 11 is 12.8. The Morgan fingerprint density at radius 3 is 2.37 bits per heavy atom. The third kappa shape index (κ3) is 4.90. The summed E-state index contributed by atoms with van der Waals surface area (Å²) in [5.74, 6) is 1.43. The maximum absolute atomic E-state index is 12.9. The molecule has 0 spiro atoms. The molecule has 1 N–H and O–H groups in total. The first-order valence-corrected chi connectivity index (χ1v) is 13.9. The second-order valence-corrected chi connectivity index (χ2v) is 10.7. The minimum absolute atomic E-state index is 0.0393. The van der Waals surface area contributed by atoms with Crippen LogP contribution in [0.1, 0.15) is 32.1 Å². The lowest BCUT2D eigenvalue weighted by Crippen LogP contribution is -2.53. The standard InChI is InChI=1S/C28H29Cl2N7O/c29-19-10-12-21(13-11-19)37-25(22-8-4-5-9-23(22)30)34-24-26(31-18-32-27(24)37)35-14-16-36(17-15-35)28(38)33-20-6-2-1-3-7-20/h4-5,8-13,18,20H,1-3,6-7,14-17H2,(H,33,38). The van der Waals surface area contributed by atoms with Crippen LogP contribution in [0.25, 0.3) is 28.2 Å². The molecule has 1 saturated carbocycles. The highest BCUT2D eigenvalue weighted by Gasteiger charge is 2.27. The molecule has 4 aromatic rings. The van der Waals surface area contributed by atoms with Gasteiger partial charge < -0.3 is 15.1 Å². The van der Waals surface area contributed by atoms with Crippen molar-refractivity contribution >= 4 is 46.2 Å². The van der Waals surface area contributed by atoms with Crippen LogP contribution in [-0.2, 0) is 0 Å². The van der Waals surface area contributed by atoms with Gasteiger partial charge in [0.1, 0.15) is 12.2 Å². The number of hydrogen-bond donors (Lipinski definition) is 1. The van der Waals surface area contributed by atoms with E-state index in [0.717, 1.165) is 29.9 Å². The van der Waals surface area contributed by atoms with E-state index in [2.05, 4.69) is 20.2 Å². The maximum atomic E-state index is 12.9. The zero-order chi connectivity index (χ0) is 26.1. The van der Waals surface area contributed by atoms with Crippen LogP contribution < -0.4 is 10.2 Å². The van der Waals surface area contributed by atoms with E-state index in [9.17, 15) is 4.79 Å². The highest BCUT2D eigenvalue weighted by molar-refractivity contribution is 6.33. The summed E-state index contributed by atoms with van der Waals surface area (Å²) in [5, 5.41) is 4.49. The summed E-state index contributed by atoms with van der Waals surface area (Å²) in [4.78, 5) is 31.3. The molecule has 2 amide bonds. The number of hydrogen-bond acceptors (Lipinski definition) is 5. The van der Waals surface area contributed by atoms with Gasteiger partial charge in [-0.3, -0.25) is 4.57 Å². The Morgan fingerprint density at radius 1 is 0.895 bits per heavy atom. The van der Waals surface area contributed by atoms with Crippen LogP contribution in [-0.4, -0.2) is 62.7 Å². The van der Waals surface area contributed by atoms with Crippen molar-refractivity contribution in [2.24, 2.45) is 0 Å². The van der Waals surface area contributed by atoms with Crippen molar-refractivity contribution in [1.29, 1.82) is 0 Å². The summed E-state index contributed by atoms with van der Waals surface area (Å²) in [5.41, 5.74) is 3.06. The predicted molar refractivity (Wildman–Crippen MR) is 151 cm³/mol. The Morgan fingerprint density at radius 2 is 1.63 bits per heavy atom. The van der Waals surface area contributed by atoms with Crippen molar-refractivity contribution in [3.63, 3.8) is 0 Å². The third-order valence-electron chi connectivity index (χ3n) is 7.42. The molecule has 1 aliphatic heterocycles. The summed E-state index contributed by atoms with van der Waals surface area (Å²) < 4.78 is 1.99. The number of halogens is 2. The lowest BCUT2D eigenvalue weighted by atomic mass is 9.96. The van der Waals surface area contributed by atoms with Gasteiger partial charge in [-0.2, -0.15) is 0 Å². The van der Waals surface area contributed by atoms with Crippen molar-refractivity contribution < 1.29 is 4.79 Å². The fraction of sp³-hybridized carbons (Fsp3) is 0.357. The molecule has 2 aromatic heterocycles. The van der Waals surface area contributed by atoms with Crippen molar-refractivity contribution in [2.75, 3.05) is 31.1 Å². The van der Waals surface area contributed by atoms with E-state index in [-0.39, 0.29) is 6.03 Å². The molecular weight excluding hydrogens is 521 g/mol. The number of urea groups is 1. The molecule has 3 heterocycles. The van der Waals surface area contributed by atoms with Gasteiger partial charge in [-0.15, -0.1) is 0 Å². The molecule has 38 heavy (non-hydrogen) atoms. The molecule has 2 aromatic carbocycles. The number of carbonyl (C=O) groups excluding carboxylic acids is 1. The van der Waals surface area contributed by atoms with Gasteiger partial charge in [0.05, 0.1) is 5.02 Å². The number of fused-ring (bicyclic) bond motifs is 1. The molecular formula is C28H29Cl2N7O. The highest BCUT2D eigenvalue weighted by atomic mass is 35.5. The number of benzene rings is 2. The largest absolute Gasteiger partial charge is 0.351 e. The number of anilines is 1. The third-order valence-corrected chi connectivity index (χ3v) is 8.01. The van der Waals surface area contributed by atoms with Crippen LogP contribution in [0.15, 0.2) is 54.9 Å². The van der Waals surface area contributed by atoms with Gasteiger partial charge in [-0.1, -0.05) is 54.6 Å². The topological polar surface area (TPSA) is 79.2 Å². The van der Waals surface area contributed by atoms with Crippen LogP contribution in [0, 0.1) is 0 Å². The monoisotopic (exact) mass is 549 g/mol. The Bertz CT molecular complexity index is 1440. The van der Waals surface area contributed by atoms with Gasteiger partial charge in [-0.25, -0.2) is 19.7 Å². The average molecular weight is 550 g/mol. The molecule has 0 bridgehead atoms. The summed E-state index contributed by atoms with van der Waals surface area (Å²) in [6.07, 6.45) is 7.39. The van der Waals surface area contributed by atoms with Crippen molar-refractivity contribution in [1.82, 2.24) is 29.7 Å². The van der Waals surface area contributed by atoms with Crippen LogP contribution in [0.5, 0.6) is 0 Å². The molecule has 0 atom stereocenters. The first kappa shape index (κ1) is 24.9. The molecule has 8 nitrogen and oxygen atoms in total. The summed E-state index contributed by atoms with van der Waals surface area (Å²) in [7, 11) is 0. The molecule has 6 rings (SSSR count). The number of amides is 2. The first-order chi connectivity index (χ1) is 18.6. The van der Waals surface area contributed by atoms with E-state index in [0.29, 0.717) is 59.3 Å². The van der Waals surface area contributed by atoms with Crippen LogP contribution in [0.3, 0.4) is 0 Å². The van der Waals surface area contributed by atoms with Crippen molar-refractivity contribution in [3.8, 4) is 17.1 Å². The normalized spacial score (nSPS) is 16.7. The van der Waals surface area contributed by atoms with Crippen molar-refractivity contribution in [2.45, 2.75) is 38.1 Å². The van der Waals surface area contributed by atoms with Crippen LogP contribution in [0.2, 0.25) is 10.0 Å². The number of aromatic nitrogens is 4. The van der Waals surface area contributed by atoms with E-state index in [1.807, 2.05) is 58.0 Å². The lowest BCUT2D eigenvalue weighted by Gasteiger charge is -2.36. The van der Waals surface area contributed by atoms with Crippen LogP contribution >= 0.6 is 23.2 Å². The fourth-order valence-electron chi connectivity index (χ4n) is 5.40. The Balaban J connectivity index is 1.31. The molecule has 10 heteroatoms. The number of imidazole rings is 1. The van der Waals surface area contributed by atoms with E-state index in [1.165, 1.54) is 19.3 Å². The SMILES string of the molecule is O=C(NC1CCCCC1)N1CCN(c2ncnc3c2nc(-c2ccccc2Cl)n3-c2ccc(Cl)cc2)CC1. The summed E-state index contributed by atoms with van der Waals surface area (Å²) in [6, 6.07) is 15.6. The quantitative estimate of drug-likeness (QED) is 0.340. The van der Waals surface area contributed by atoms with E-state index in [4.69, 9.17) is 28.2 Å². The molecule has 2 fully saturated rings. The second kappa shape index (κ2) is 10.8.